The lowest BCUT2D eigenvalue weighted by molar-refractivity contribution is -0.127. The van der Waals surface area contributed by atoms with Crippen molar-refractivity contribution in [3.63, 3.8) is 0 Å². The summed E-state index contributed by atoms with van der Waals surface area (Å²) >= 11 is 0. The minimum absolute atomic E-state index is 0.0431. The minimum Gasteiger partial charge on any atom is -0.379 e. The molecule has 0 spiro atoms. The van der Waals surface area contributed by atoms with Crippen LogP contribution in [-0.2, 0) is 16.1 Å². The second kappa shape index (κ2) is 10.7. The summed E-state index contributed by atoms with van der Waals surface area (Å²) in [5, 5.41) is 6.27. The molecule has 0 saturated carbocycles. The molecular formula is C18H28FN5O2. The van der Waals surface area contributed by atoms with Crippen molar-refractivity contribution in [1.82, 2.24) is 20.4 Å². The third-order valence-corrected chi connectivity index (χ3v) is 4.04. The van der Waals surface area contributed by atoms with E-state index in [-0.39, 0.29) is 18.3 Å². The monoisotopic (exact) mass is 365 g/mol. The molecule has 2 rings (SSSR count). The van der Waals surface area contributed by atoms with Crippen LogP contribution in [0.15, 0.2) is 29.3 Å². The molecule has 0 unspecified atom stereocenters. The van der Waals surface area contributed by atoms with Crippen molar-refractivity contribution in [2.24, 2.45) is 4.99 Å². The van der Waals surface area contributed by atoms with Gasteiger partial charge in [-0.2, -0.15) is 0 Å². The predicted molar refractivity (Wildman–Crippen MR) is 99.5 cm³/mol. The summed E-state index contributed by atoms with van der Waals surface area (Å²) in [6.45, 7) is 5.41. The summed E-state index contributed by atoms with van der Waals surface area (Å²) in [6.07, 6.45) is 0. The molecule has 2 N–H and O–H groups in total. The van der Waals surface area contributed by atoms with Crippen LogP contribution in [-0.4, -0.2) is 81.7 Å². The molecule has 8 heteroatoms. The molecule has 0 atom stereocenters. The molecule has 1 aliphatic heterocycles. The lowest BCUT2D eigenvalue weighted by Gasteiger charge is -2.26. The van der Waals surface area contributed by atoms with Crippen molar-refractivity contribution in [3.05, 3.63) is 35.6 Å². The summed E-state index contributed by atoms with van der Waals surface area (Å²) in [4.78, 5) is 20.1. The number of guanidine groups is 1. The third-order valence-electron chi connectivity index (χ3n) is 4.04. The molecule has 1 aromatic carbocycles. The molecule has 26 heavy (non-hydrogen) atoms. The number of carbonyl (C=O) groups excluding carboxylic acids is 1. The highest BCUT2D eigenvalue weighted by molar-refractivity contribution is 5.86. The molecule has 1 aromatic rings. The van der Waals surface area contributed by atoms with E-state index in [2.05, 4.69) is 20.5 Å². The van der Waals surface area contributed by atoms with Crippen LogP contribution in [0.4, 0.5) is 4.39 Å². The number of halogens is 1. The molecular weight excluding hydrogens is 337 g/mol. The summed E-state index contributed by atoms with van der Waals surface area (Å²) in [5.74, 6) is 0.214. The van der Waals surface area contributed by atoms with E-state index in [4.69, 9.17) is 4.74 Å². The first-order valence-electron chi connectivity index (χ1n) is 8.81. The van der Waals surface area contributed by atoms with Gasteiger partial charge < -0.3 is 20.3 Å². The maximum absolute atomic E-state index is 13.3. The fraction of sp³-hybridized carbons (Fsp3) is 0.556. The largest absolute Gasteiger partial charge is 0.379 e. The number of carbonyl (C=O) groups is 1. The van der Waals surface area contributed by atoms with Gasteiger partial charge in [0.15, 0.2) is 5.96 Å². The molecule has 0 radical (unpaired) electrons. The first-order chi connectivity index (χ1) is 12.5. The number of nitrogens with zero attached hydrogens (tertiary/aromatic N) is 3. The van der Waals surface area contributed by atoms with Gasteiger partial charge in [0.2, 0.25) is 5.91 Å². The van der Waals surface area contributed by atoms with Gasteiger partial charge in [-0.25, -0.2) is 9.38 Å². The smallest absolute Gasteiger partial charge is 0.241 e. The van der Waals surface area contributed by atoms with Crippen LogP contribution in [0.2, 0.25) is 0 Å². The molecule has 1 amide bonds. The Kier molecular flexibility index (Phi) is 8.30. The Balaban J connectivity index is 1.88. The molecule has 1 aliphatic rings. The maximum atomic E-state index is 13.3. The Morgan fingerprint density at radius 1 is 1.31 bits per heavy atom. The number of amides is 1. The molecule has 1 fully saturated rings. The number of hydrogen-bond acceptors (Lipinski definition) is 4. The van der Waals surface area contributed by atoms with Crippen LogP contribution in [0.1, 0.15) is 5.56 Å². The van der Waals surface area contributed by atoms with Gasteiger partial charge >= 0.3 is 0 Å². The summed E-state index contributed by atoms with van der Waals surface area (Å²) in [6, 6.07) is 6.35. The Hall–Kier alpha value is -2.19. The Labute approximate surface area is 154 Å². The Bertz CT molecular complexity index is 603. The number of hydrogen-bond donors (Lipinski definition) is 2. The van der Waals surface area contributed by atoms with Crippen molar-refractivity contribution < 1.29 is 13.9 Å². The van der Waals surface area contributed by atoms with Crippen LogP contribution in [0.25, 0.3) is 0 Å². The van der Waals surface area contributed by atoms with E-state index in [1.807, 2.05) is 6.07 Å². The number of rotatable bonds is 7. The van der Waals surface area contributed by atoms with Gasteiger partial charge in [-0.15, -0.1) is 0 Å². The third kappa shape index (κ3) is 7.37. The SMILES string of the molecule is CN(C)C(=O)CNC(=NCc1cccc(F)c1)NCCN1CCOCC1. The van der Waals surface area contributed by atoms with Crippen molar-refractivity contribution >= 4 is 11.9 Å². The van der Waals surface area contributed by atoms with E-state index in [0.29, 0.717) is 19.0 Å². The molecule has 0 aromatic heterocycles. The minimum atomic E-state index is -0.282. The highest BCUT2D eigenvalue weighted by Crippen LogP contribution is 2.04. The van der Waals surface area contributed by atoms with Gasteiger partial charge in [0.05, 0.1) is 26.3 Å². The van der Waals surface area contributed by atoms with Crippen LogP contribution < -0.4 is 10.6 Å². The number of benzene rings is 1. The average Bonchev–Trinajstić information content (AvgIpc) is 2.64. The standard InChI is InChI=1S/C18H28FN5O2/c1-23(2)17(25)14-22-18(20-6-7-24-8-10-26-11-9-24)21-13-15-4-3-5-16(19)12-15/h3-5,12H,6-11,13-14H2,1-2H3,(H2,20,21,22). The quantitative estimate of drug-likeness (QED) is 0.537. The van der Waals surface area contributed by atoms with Crippen LogP contribution in [0, 0.1) is 5.82 Å². The average molecular weight is 365 g/mol. The van der Waals surface area contributed by atoms with Crippen LogP contribution in [0.5, 0.6) is 0 Å². The molecule has 0 bridgehead atoms. The zero-order valence-electron chi connectivity index (χ0n) is 15.5. The predicted octanol–water partition coefficient (Wildman–Crippen LogP) is 0.281. The molecule has 7 nitrogen and oxygen atoms in total. The molecule has 1 saturated heterocycles. The van der Waals surface area contributed by atoms with Gasteiger partial charge in [-0.3, -0.25) is 9.69 Å². The second-order valence-electron chi connectivity index (χ2n) is 6.32. The van der Waals surface area contributed by atoms with Gasteiger partial charge in [-0.05, 0) is 17.7 Å². The van der Waals surface area contributed by atoms with E-state index in [1.54, 1.807) is 20.2 Å². The highest BCUT2D eigenvalue weighted by Gasteiger charge is 2.10. The number of ether oxygens (including phenoxy) is 1. The summed E-state index contributed by atoms with van der Waals surface area (Å²) in [7, 11) is 3.42. The molecule has 0 aliphatic carbocycles. The number of morpholine rings is 1. The molecule has 144 valence electrons. The van der Waals surface area contributed by atoms with Crippen LogP contribution in [0.3, 0.4) is 0 Å². The normalized spacial score (nSPS) is 15.6. The van der Waals surface area contributed by atoms with E-state index in [9.17, 15) is 9.18 Å². The highest BCUT2D eigenvalue weighted by atomic mass is 19.1. The zero-order valence-corrected chi connectivity index (χ0v) is 15.5. The van der Waals surface area contributed by atoms with Crippen molar-refractivity contribution in [2.45, 2.75) is 6.54 Å². The van der Waals surface area contributed by atoms with Crippen molar-refractivity contribution in [3.8, 4) is 0 Å². The van der Waals surface area contributed by atoms with Gasteiger partial charge in [0.1, 0.15) is 5.82 Å². The zero-order chi connectivity index (χ0) is 18.8. The topological polar surface area (TPSA) is 69.2 Å². The number of aliphatic imine (C=N–C) groups is 1. The van der Waals surface area contributed by atoms with E-state index in [1.165, 1.54) is 17.0 Å². The first-order valence-corrected chi connectivity index (χ1v) is 8.81. The Morgan fingerprint density at radius 2 is 2.08 bits per heavy atom. The van der Waals surface area contributed by atoms with Crippen molar-refractivity contribution in [1.29, 1.82) is 0 Å². The Morgan fingerprint density at radius 3 is 2.77 bits per heavy atom. The summed E-state index contributed by atoms with van der Waals surface area (Å²) in [5.41, 5.74) is 0.776. The lowest BCUT2D eigenvalue weighted by atomic mass is 10.2. The van der Waals surface area contributed by atoms with E-state index in [0.717, 1.165) is 38.4 Å². The second-order valence-corrected chi connectivity index (χ2v) is 6.32. The van der Waals surface area contributed by atoms with Gasteiger partial charge in [-0.1, -0.05) is 12.1 Å². The first kappa shape index (κ1) is 20.1. The number of likely N-dealkylation sites (N-methyl/N-ethyl adjacent to an activating group) is 1. The van der Waals surface area contributed by atoms with Gasteiger partial charge in [0.25, 0.3) is 0 Å². The maximum Gasteiger partial charge on any atom is 0.241 e. The van der Waals surface area contributed by atoms with E-state index >= 15 is 0 Å². The fourth-order valence-corrected chi connectivity index (χ4v) is 2.45. The van der Waals surface area contributed by atoms with E-state index < -0.39 is 0 Å². The fourth-order valence-electron chi connectivity index (χ4n) is 2.45. The van der Waals surface area contributed by atoms with Gasteiger partial charge in [0, 0.05) is 40.3 Å². The summed E-state index contributed by atoms with van der Waals surface area (Å²) < 4.78 is 18.6. The lowest BCUT2D eigenvalue weighted by Crippen LogP contribution is -2.46. The molecule has 1 heterocycles. The number of nitrogens with one attached hydrogen (secondary N) is 2. The van der Waals surface area contributed by atoms with Crippen LogP contribution >= 0.6 is 0 Å². The van der Waals surface area contributed by atoms with Crippen molar-refractivity contribution in [2.75, 3.05) is 60.0 Å².